The summed E-state index contributed by atoms with van der Waals surface area (Å²) in [5.41, 5.74) is 0. The second-order valence-electron chi connectivity index (χ2n) is 6.30. The molecule has 0 N–H and O–H groups in total. The number of ether oxygens (including phenoxy) is 2. The van der Waals surface area contributed by atoms with Crippen LogP contribution in [0.3, 0.4) is 0 Å². The molecule has 0 rings (SSSR count). The van der Waals surface area contributed by atoms with Gasteiger partial charge >= 0.3 is 5.97 Å². The number of hydrogen-bond acceptors (Lipinski definition) is 3. The fourth-order valence-corrected chi connectivity index (χ4v) is 2.75. The molecular formula is C20H38O3. The van der Waals surface area contributed by atoms with Gasteiger partial charge in [-0.15, -0.1) is 0 Å². The summed E-state index contributed by atoms with van der Waals surface area (Å²) < 4.78 is 9.64. The lowest BCUT2D eigenvalue weighted by atomic mass is 10.0. The summed E-state index contributed by atoms with van der Waals surface area (Å²) in [4.78, 5) is 11.3. The first-order valence-electron chi connectivity index (χ1n) is 9.58. The molecule has 0 spiro atoms. The van der Waals surface area contributed by atoms with Crippen molar-refractivity contribution in [3.05, 3.63) is 11.8 Å². The molecule has 0 amide bonds. The SMILES string of the molecule is CCCCCCCCCCCCCCCC=C(OC)C(=O)OC. The van der Waals surface area contributed by atoms with Crippen molar-refractivity contribution < 1.29 is 14.3 Å². The minimum absolute atomic E-state index is 0.325. The van der Waals surface area contributed by atoms with Crippen LogP contribution in [0, 0.1) is 0 Å². The van der Waals surface area contributed by atoms with Gasteiger partial charge in [-0.3, -0.25) is 0 Å². The molecule has 0 aliphatic rings. The number of allylic oxidation sites excluding steroid dienone is 1. The smallest absolute Gasteiger partial charge is 0.372 e. The summed E-state index contributed by atoms with van der Waals surface area (Å²) in [6.07, 6.45) is 20.3. The standard InChI is InChI=1S/C20H38O3/c1-4-5-6-7-8-9-10-11-12-13-14-15-16-17-18-19(22-2)20(21)23-3/h18H,4-17H2,1-3H3. The molecule has 0 saturated heterocycles. The van der Waals surface area contributed by atoms with Gasteiger partial charge in [-0.1, -0.05) is 84.0 Å². The second kappa shape index (κ2) is 17.4. The molecule has 0 bridgehead atoms. The Labute approximate surface area is 143 Å². The fraction of sp³-hybridized carbons (Fsp3) is 0.850. The van der Waals surface area contributed by atoms with E-state index in [0.29, 0.717) is 5.76 Å². The summed E-state index contributed by atoms with van der Waals surface area (Å²) >= 11 is 0. The van der Waals surface area contributed by atoms with Crippen molar-refractivity contribution in [2.75, 3.05) is 14.2 Å². The Morgan fingerprint density at radius 3 is 1.52 bits per heavy atom. The van der Waals surface area contributed by atoms with Crippen LogP contribution in [0.1, 0.15) is 96.8 Å². The van der Waals surface area contributed by atoms with Crippen LogP contribution >= 0.6 is 0 Å². The van der Waals surface area contributed by atoms with Crippen LogP contribution in [-0.2, 0) is 14.3 Å². The molecule has 0 aliphatic heterocycles. The average Bonchev–Trinajstić information content (AvgIpc) is 2.58. The molecule has 0 aromatic heterocycles. The van der Waals surface area contributed by atoms with Crippen LogP contribution in [0.25, 0.3) is 0 Å². The van der Waals surface area contributed by atoms with Gasteiger partial charge in [0.15, 0.2) is 5.76 Å². The molecule has 0 aromatic rings. The average molecular weight is 327 g/mol. The van der Waals surface area contributed by atoms with E-state index in [0.717, 1.165) is 12.8 Å². The molecular weight excluding hydrogens is 288 g/mol. The second-order valence-corrected chi connectivity index (χ2v) is 6.30. The molecule has 0 radical (unpaired) electrons. The van der Waals surface area contributed by atoms with Crippen LogP contribution in [-0.4, -0.2) is 20.2 Å². The largest absolute Gasteiger partial charge is 0.490 e. The van der Waals surface area contributed by atoms with Gasteiger partial charge < -0.3 is 9.47 Å². The number of unbranched alkanes of at least 4 members (excludes halogenated alkanes) is 13. The summed E-state index contributed by atoms with van der Waals surface area (Å²) in [6, 6.07) is 0. The predicted octanol–water partition coefficient (Wildman–Crippen LogP) is 6.17. The third kappa shape index (κ3) is 14.3. The van der Waals surface area contributed by atoms with Gasteiger partial charge in [0.2, 0.25) is 0 Å². The van der Waals surface area contributed by atoms with Crippen molar-refractivity contribution in [3.63, 3.8) is 0 Å². The summed E-state index contributed by atoms with van der Waals surface area (Å²) in [5.74, 6) is -0.0615. The van der Waals surface area contributed by atoms with E-state index in [4.69, 9.17) is 4.74 Å². The molecule has 23 heavy (non-hydrogen) atoms. The van der Waals surface area contributed by atoms with Crippen LogP contribution in [0.4, 0.5) is 0 Å². The van der Waals surface area contributed by atoms with Crippen LogP contribution < -0.4 is 0 Å². The number of hydrogen-bond donors (Lipinski definition) is 0. The molecule has 0 heterocycles. The Bertz CT molecular complexity index is 297. The lowest BCUT2D eigenvalue weighted by Gasteiger charge is -2.04. The zero-order chi connectivity index (χ0) is 17.2. The molecule has 3 heteroatoms. The van der Waals surface area contributed by atoms with Crippen molar-refractivity contribution in [1.29, 1.82) is 0 Å². The fourth-order valence-electron chi connectivity index (χ4n) is 2.75. The summed E-state index contributed by atoms with van der Waals surface area (Å²) in [7, 11) is 2.88. The Morgan fingerprint density at radius 1 is 0.696 bits per heavy atom. The highest BCUT2D eigenvalue weighted by molar-refractivity contribution is 5.85. The Kier molecular flexibility index (Phi) is 16.6. The first-order valence-corrected chi connectivity index (χ1v) is 9.58. The molecule has 0 saturated carbocycles. The minimum Gasteiger partial charge on any atom is -0.490 e. The molecule has 0 aromatic carbocycles. The first kappa shape index (κ1) is 22.0. The number of carbonyl (C=O) groups excluding carboxylic acids is 1. The number of carbonyl (C=O) groups is 1. The highest BCUT2D eigenvalue weighted by atomic mass is 16.6. The Morgan fingerprint density at radius 2 is 1.13 bits per heavy atom. The van der Waals surface area contributed by atoms with Gasteiger partial charge in [-0.25, -0.2) is 4.79 Å². The molecule has 0 aliphatic carbocycles. The number of rotatable bonds is 16. The Hall–Kier alpha value is -0.990. The zero-order valence-electron chi connectivity index (χ0n) is 15.7. The van der Waals surface area contributed by atoms with Crippen molar-refractivity contribution in [3.8, 4) is 0 Å². The Balaban J connectivity index is 3.30. The summed E-state index contributed by atoms with van der Waals surface area (Å²) in [5, 5.41) is 0. The predicted molar refractivity (Wildman–Crippen MR) is 97.4 cm³/mol. The summed E-state index contributed by atoms with van der Waals surface area (Å²) in [6.45, 7) is 2.27. The van der Waals surface area contributed by atoms with E-state index in [2.05, 4.69) is 11.7 Å². The van der Waals surface area contributed by atoms with E-state index in [-0.39, 0.29) is 5.97 Å². The van der Waals surface area contributed by atoms with E-state index < -0.39 is 0 Å². The quantitative estimate of drug-likeness (QED) is 0.147. The van der Waals surface area contributed by atoms with Gasteiger partial charge in [-0.05, 0) is 18.9 Å². The van der Waals surface area contributed by atoms with Gasteiger partial charge in [-0.2, -0.15) is 0 Å². The third-order valence-electron chi connectivity index (χ3n) is 4.24. The highest BCUT2D eigenvalue weighted by Crippen LogP contribution is 2.13. The van der Waals surface area contributed by atoms with E-state index in [1.54, 1.807) is 0 Å². The maximum atomic E-state index is 11.3. The van der Waals surface area contributed by atoms with E-state index >= 15 is 0 Å². The molecule has 136 valence electrons. The van der Waals surface area contributed by atoms with Crippen LogP contribution in [0.2, 0.25) is 0 Å². The van der Waals surface area contributed by atoms with Gasteiger partial charge in [0.25, 0.3) is 0 Å². The normalized spacial score (nSPS) is 11.5. The maximum absolute atomic E-state index is 11.3. The maximum Gasteiger partial charge on any atom is 0.372 e. The lowest BCUT2D eigenvalue weighted by Crippen LogP contribution is -2.06. The number of methoxy groups -OCH3 is 2. The molecule has 0 fully saturated rings. The van der Waals surface area contributed by atoms with Gasteiger partial charge in [0.1, 0.15) is 0 Å². The van der Waals surface area contributed by atoms with E-state index in [1.807, 2.05) is 6.08 Å². The molecule has 3 nitrogen and oxygen atoms in total. The lowest BCUT2D eigenvalue weighted by molar-refractivity contribution is -0.139. The monoisotopic (exact) mass is 326 g/mol. The van der Waals surface area contributed by atoms with E-state index in [9.17, 15) is 4.79 Å². The molecule has 0 atom stereocenters. The van der Waals surface area contributed by atoms with E-state index in [1.165, 1.54) is 91.3 Å². The van der Waals surface area contributed by atoms with Crippen molar-refractivity contribution in [2.24, 2.45) is 0 Å². The van der Waals surface area contributed by atoms with Gasteiger partial charge in [0.05, 0.1) is 14.2 Å². The highest BCUT2D eigenvalue weighted by Gasteiger charge is 2.07. The molecule has 0 unspecified atom stereocenters. The van der Waals surface area contributed by atoms with Crippen molar-refractivity contribution >= 4 is 5.97 Å². The van der Waals surface area contributed by atoms with Gasteiger partial charge in [0, 0.05) is 0 Å². The number of esters is 1. The van der Waals surface area contributed by atoms with Crippen molar-refractivity contribution in [1.82, 2.24) is 0 Å². The van der Waals surface area contributed by atoms with Crippen molar-refractivity contribution in [2.45, 2.75) is 96.8 Å². The first-order chi connectivity index (χ1) is 11.3. The van der Waals surface area contributed by atoms with Crippen LogP contribution in [0.15, 0.2) is 11.8 Å². The third-order valence-corrected chi connectivity index (χ3v) is 4.24. The topological polar surface area (TPSA) is 35.5 Å². The zero-order valence-corrected chi connectivity index (χ0v) is 15.7. The minimum atomic E-state index is -0.387. The van der Waals surface area contributed by atoms with Crippen LogP contribution in [0.5, 0.6) is 0 Å².